The fourth-order valence-corrected chi connectivity index (χ4v) is 1.43. The zero-order valence-corrected chi connectivity index (χ0v) is 8.22. The molecule has 1 aromatic heterocycles. The van der Waals surface area contributed by atoms with Gasteiger partial charge in [0.2, 0.25) is 0 Å². The molecular formula is C8H5IN2O. The Morgan fingerprint density at radius 1 is 1.33 bits per heavy atom. The molecule has 12 heavy (non-hydrogen) atoms. The third-order valence-corrected chi connectivity index (χ3v) is 2.31. The van der Waals surface area contributed by atoms with Crippen LogP contribution in [0.5, 0.6) is 0 Å². The highest BCUT2D eigenvalue weighted by Gasteiger charge is 1.99. The standard InChI is InChI=1S/C8H5IN2O/c9-11-5-10-7-4-2-1-3-6(7)8(11)12/h1-5H. The molecule has 0 aliphatic heterocycles. The third kappa shape index (κ3) is 1.12. The van der Waals surface area contributed by atoms with Crippen molar-refractivity contribution in [3.8, 4) is 0 Å². The molecule has 0 unspecified atom stereocenters. The van der Waals surface area contributed by atoms with Crippen LogP contribution < -0.4 is 5.56 Å². The Bertz CT molecular complexity index is 478. The van der Waals surface area contributed by atoms with Crippen LogP contribution in [0.4, 0.5) is 0 Å². The second-order valence-electron chi connectivity index (χ2n) is 2.38. The second-order valence-corrected chi connectivity index (χ2v) is 3.42. The Morgan fingerprint density at radius 2 is 2.08 bits per heavy atom. The summed E-state index contributed by atoms with van der Waals surface area (Å²) in [5.41, 5.74) is 0.733. The van der Waals surface area contributed by atoms with E-state index in [-0.39, 0.29) is 5.56 Å². The maximum absolute atomic E-state index is 11.4. The van der Waals surface area contributed by atoms with Crippen molar-refractivity contribution in [1.29, 1.82) is 0 Å². The molecule has 1 heterocycles. The third-order valence-electron chi connectivity index (χ3n) is 1.63. The van der Waals surface area contributed by atoms with Crippen LogP contribution >= 0.6 is 22.9 Å². The number of halogens is 1. The first-order chi connectivity index (χ1) is 5.79. The molecule has 2 rings (SSSR count). The highest BCUT2D eigenvalue weighted by molar-refractivity contribution is 14.1. The maximum Gasteiger partial charge on any atom is 0.270 e. The lowest BCUT2D eigenvalue weighted by molar-refractivity contribution is 1.14. The molecule has 0 atom stereocenters. The van der Waals surface area contributed by atoms with E-state index in [1.54, 1.807) is 6.07 Å². The van der Waals surface area contributed by atoms with E-state index in [4.69, 9.17) is 0 Å². The van der Waals surface area contributed by atoms with E-state index >= 15 is 0 Å². The molecule has 0 spiro atoms. The summed E-state index contributed by atoms with van der Waals surface area (Å²) in [5.74, 6) is 0. The van der Waals surface area contributed by atoms with Crippen molar-refractivity contribution < 1.29 is 0 Å². The average molecular weight is 272 g/mol. The molecule has 3 nitrogen and oxygen atoms in total. The zero-order chi connectivity index (χ0) is 8.55. The van der Waals surface area contributed by atoms with E-state index in [1.165, 1.54) is 9.11 Å². The fraction of sp³-hybridized carbons (Fsp3) is 0. The summed E-state index contributed by atoms with van der Waals surface area (Å²) < 4.78 is 1.44. The van der Waals surface area contributed by atoms with Gasteiger partial charge in [0.15, 0.2) is 0 Å². The first-order valence-corrected chi connectivity index (χ1v) is 4.38. The Labute approximate surface area is 82.5 Å². The number of fused-ring (bicyclic) bond motifs is 1. The van der Waals surface area contributed by atoms with Crippen LogP contribution in [0.25, 0.3) is 10.9 Å². The first-order valence-electron chi connectivity index (χ1n) is 3.41. The molecule has 0 aliphatic rings. The normalized spacial score (nSPS) is 10.4. The number of para-hydroxylation sites is 1. The number of aromatic nitrogens is 2. The highest BCUT2D eigenvalue weighted by atomic mass is 127. The van der Waals surface area contributed by atoms with Crippen molar-refractivity contribution in [1.82, 2.24) is 7.76 Å². The maximum atomic E-state index is 11.4. The molecular weight excluding hydrogens is 267 g/mol. The molecule has 4 heteroatoms. The predicted molar refractivity (Wildman–Crippen MR) is 55.4 cm³/mol. The van der Waals surface area contributed by atoms with Gasteiger partial charge in [-0.15, -0.1) is 0 Å². The van der Waals surface area contributed by atoms with Gasteiger partial charge < -0.3 is 0 Å². The van der Waals surface area contributed by atoms with Gasteiger partial charge in [0.25, 0.3) is 5.56 Å². The molecule has 0 amide bonds. The number of rotatable bonds is 0. The van der Waals surface area contributed by atoms with Gasteiger partial charge in [-0.05, 0) is 12.1 Å². The lowest BCUT2D eigenvalue weighted by atomic mass is 10.2. The van der Waals surface area contributed by atoms with Crippen molar-refractivity contribution in [2.75, 3.05) is 0 Å². The van der Waals surface area contributed by atoms with E-state index < -0.39 is 0 Å². The quantitative estimate of drug-likeness (QED) is 0.683. The summed E-state index contributed by atoms with van der Waals surface area (Å²) in [6, 6.07) is 7.31. The molecule has 0 radical (unpaired) electrons. The Kier molecular flexibility index (Phi) is 1.84. The van der Waals surface area contributed by atoms with E-state index in [9.17, 15) is 4.79 Å². The SMILES string of the molecule is O=c1c2ccccc2ncn1I. The minimum absolute atomic E-state index is 0.0128. The van der Waals surface area contributed by atoms with Gasteiger partial charge in [0.1, 0.15) is 6.33 Å². The topological polar surface area (TPSA) is 34.9 Å². The van der Waals surface area contributed by atoms with Crippen LogP contribution in [0.2, 0.25) is 0 Å². The first kappa shape index (κ1) is 7.72. The molecule has 60 valence electrons. The molecule has 0 saturated heterocycles. The summed E-state index contributed by atoms with van der Waals surface area (Å²) in [4.78, 5) is 15.5. The monoisotopic (exact) mass is 272 g/mol. The smallest absolute Gasteiger partial charge is 0.268 e. The second kappa shape index (κ2) is 2.85. The molecule has 0 fully saturated rings. The number of benzene rings is 1. The van der Waals surface area contributed by atoms with Gasteiger partial charge in [-0.25, -0.2) is 7.76 Å². The minimum atomic E-state index is -0.0128. The largest absolute Gasteiger partial charge is 0.270 e. The predicted octanol–water partition coefficient (Wildman–Crippen LogP) is 1.59. The van der Waals surface area contributed by atoms with Gasteiger partial charge in [0, 0.05) is 0 Å². The molecule has 2 aromatic rings. The van der Waals surface area contributed by atoms with Crippen LogP contribution in [0.3, 0.4) is 0 Å². The Balaban J connectivity index is 3.01. The van der Waals surface area contributed by atoms with Crippen molar-refractivity contribution in [3.63, 3.8) is 0 Å². The van der Waals surface area contributed by atoms with Crippen LogP contribution in [0, 0.1) is 0 Å². The molecule has 0 aliphatic carbocycles. The van der Waals surface area contributed by atoms with Gasteiger partial charge >= 0.3 is 0 Å². The van der Waals surface area contributed by atoms with E-state index in [0.717, 1.165) is 5.52 Å². The Hall–Kier alpha value is -0.910. The summed E-state index contributed by atoms with van der Waals surface area (Å²) in [7, 11) is 0. The fourth-order valence-electron chi connectivity index (χ4n) is 1.05. The number of hydrogen-bond donors (Lipinski definition) is 0. The number of hydrogen-bond acceptors (Lipinski definition) is 2. The average Bonchev–Trinajstić information content (AvgIpc) is 2.12. The highest BCUT2D eigenvalue weighted by Crippen LogP contribution is 2.04. The summed E-state index contributed by atoms with van der Waals surface area (Å²) in [6.45, 7) is 0. The molecule has 0 bridgehead atoms. The Morgan fingerprint density at radius 3 is 2.92 bits per heavy atom. The van der Waals surface area contributed by atoms with Crippen molar-refractivity contribution in [3.05, 3.63) is 40.9 Å². The van der Waals surface area contributed by atoms with Gasteiger partial charge in [-0.1, -0.05) is 12.1 Å². The minimum Gasteiger partial charge on any atom is -0.268 e. The van der Waals surface area contributed by atoms with Gasteiger partial charge in [0.05, 0.1) is 33.8 Å². The van der Waals surface area contributed by atoms with Crippen LogP contribution in [-0.4, -0.2) is 7.76 Å². The van der Waals surface area contributed by atoms with E-state index in [2.05, 4.69) is 4.98 Å². The summed E-state index contributed by atoms with van der Waals surface area (Å²) >= 11 is 1.91. The van der Waals surface area contributed by atoms with Crippen LogP contribution in [0.1, 0.15) is 0 Å². The molecule has 1 aromatic carbocycles. The molecule has 0 N–H and O–H groups in total. The lowest BCUT2D eigenvalue weighted by Crippen LogP contribution is -2.12. The van der Waals surface area contributed by atoms with Crippen molar-refractivity contribution >= 4 is 33.8 Å². The van der Waals surface area contributed by atoms with Gasteiger partial charge in [-0.3, -0.25) is 4.79 Å². The lowest BCUT2D eigenvalue weighted by Gasteiger charge is -1.96. The van der Waals surface area contributed by atoms with E-state index in [0.29, 0.717) is 5.39 Å². The molecule has 0 saturated carbocycles. The summed E-state index contributed by atoms with van der Waals surface area (Å²) in [6.07, 6.45) is 1.52. The van der Waals surface area contributed by atoms with E-state index in [1.807, 2.05) is 41.1 Å². The van der Waals surface area contributed by atoms with Crippen molar-refractivity contribution in [2.24, 2.45) is 0 Å². The number of nitrogens with zero attached hydrogens (tertiary/aromatic N) is 2. The van der Waals surface area contributed by atoms with Crippen molar-refractivity contribution in [2.45, 2.75) is 0 Å². The summed E-state index contributed by atoms with van der Waals surface area (Å²) in [5, 5.41) is 0.661. The van der Waals surface area contributed by atoms with Crippen LogP contribution in [0.15, 0.2) is 35.4 Å². The van der Waals surface area contributed by atoms with Crippen LogP contribution in [-0.2, 0) is 0 Å². The zero-order valence-electron chi connectivity index (χ0n) is 6.07. The van der Waals surface area contributed by atoms with Gasteiger partial charge in [-0.2, -0.15) is 0 Å².